The van der Waals surface area contributed by atoms with Crippen LogP contribution in [0, 0.1) is 17.2 Å². The van der Waals surface area contributed by atoms with E-state index < -0.39 is 0 Å². The van der Waals surface area contributed by atoms with Gasteiger partial charge in [-0.15, -0.1) is 0 Å². The van der Waals surface area contributed by atoms with E-state index in [1.54, 1.807) is 16.9 Å². The van der Waals surface area contributed by atoms with Gasteiger partial charge in [-0.2, -0.15) is 10.4 Å². The Morgan fingerprint density at radius 1 is 1.48 bits per heavy atom. The lowest BCUT2D eigenvalue weighted by atomic mass is 9.85. The maximum absolute atomic E-state index is 12.3. The topological polar surface area (TPSA) is 99.7 Å². The number of rotatable bonds is 5. The fourth-order valence-corrected chi connectivity index (χ4v) is 3.38. The van der Waals surface area contributed by atoms with Gasteiger partial charge in [0.15, 0.2) is 0 Å². The average molecular weight is 339 g/mol. The average Bonchev–Trinajstić information content (AvgIpc) is 3.06. The van der Waals surface area contributed by atoms with E-state index in [0.717, 1.165) is 12.0 Å². The van der Waals surface area contributed by atoms with Gasteiger partial charge in [0.2, 0.25) is 11.9 Å². The number of piperidine rings is 1. The molecule has 8 heteroatoms. The standard InChI is InChI=1S/C17H21N7O/c1-3-24-15(25)5-4-12(16(24)13-10-21-23(2)11-13)9-20-17-19-7-6-14(8-18)22-17/h6-7,10-12,16H,3-5,9H2,1-2H3,(H,19,20,22)/t12-,16+/m1/s1. The highest BCUT2D eigenvalue weighted by Gasteiger charge is 2.36. The van der Waals surface area contributed by atoms with E-state index in [0.29, 0.717) is 31.2 Å². The molecule has 0 bridgehead atoms. The second kappa shape index (κ2) is 7.30. The van der Waals surface area contributed by atoms with Crippen molar-refractivity contribution in [2.24, 2.45) is 13.0 Å². The minimum atomic E-state index is -0.0217. The quantitative estimate of drug-likeness (QED) is 0.886. The SMILES string of the molecule is CCN1C(=O)CC[C@H](CNc2nccc(C#N)n2)[C@H]1c1cnn(C)c1. The highest BCUT2D eigenvalue weighted by atomic mass is 16.2. The van der Waals surface area contributed by atoms with Gasteiger partial charge in [0, 0.05) is 50.4 Å². The van der Waals surface area contributed by atoms with Crippen molar-refractivity contribution in [1.29, 1.82) is 5.26 Å². The molecule has 25 heavy (non-hydrogen) atoms. The van der Waals surface area contributed by atoms with Crippen molar-refractivity contribution < 1.29 is 4.79 Å². The Morgan fingerprint density at radius 2 is 2.32 bits per heavy atom. The Kier molecular flexibility index (Phi) is 4.93. The van der Waals surface area contributed by atoms with Crippen LogP contribution in [0.3, 0.4) is 0 Å². The number of likely N-dealkylation sites (tertiary alicyclic amines) is 1. The molecule has 0 aliphatic carbocycles. The van der Waals surface area contributed by atoms with Gasteiger partial charge in [-0.1, -0.05) is 0 Å². The van der Waals surface area contributed by atoms with E-state index >= 15 is 0 Å². The number of aryl methyl sites for hydroxylation is 1. The van der Waals surface area contributed by atoms with Crippen LogP contribution >= 0.6 is 0 Å². The van der Waals surface area contributed by atoms with Crippen molar-refractivity contribution in [2.45, 2.75) is 25.8 Å². The van der Waals surface area contributed by atoms with Crippen LogP contribution in [0.2, 0.25) is 0 Å². The van der Waals surface area contributed by atoms with Crippen LogP contribution in [0.4, 0.5) is 5.95 Å². The molecule has 130 valence electrons. The zero-order valence-corrected chi connectivity index (χ0v) is 14.4. The Bertz CT molecular complexity index is 794. The van der Waals surface area contributed by atoms with Crippen molar-refractivity contribution in [1.82, 2.24) is 24.6 Å². The smallest absolute Gasteiger partial charge is 0.223 e. The molecule has 0 unspecified atom stereocenters. The van der Waals surface area contributed by atoms with E-state index in [1.807, 2.05) is 37.3 Å². The molecule has 3 rings (SSSR count). The van der Waals surface area contributed by atoms with Crippen LogP contribution in [0.25, 0.3) is 0 Å². The molecule has 1 N–H and O–H groups in total. The number of hydrogen-bond acceptors (Lipinski definition) is 6. The fraction of sp³-hybridized carbons (Fsp3) is 0.471. The molecule has 1 amide bonds. The molecule has 1 fully saturated rings. The van der Waals surface area contributed by atoms with Crippen LogP contribution in [0.15, 0.2) is 24.7 Å². The highest BCUT2D eigenvalue weighted by molar-refractivity contribution is 5.77. The van der Waals surface area contributed by atoms with Crippen molar-refractivity contribution in [3.05, 3.63) is 35.9 Å². The first-order valence-corrected chi connectivity index (χ1v) is 8.37. The number of amides is 1. The number of nitrogens with one attached hydrogen (secondary N) is 1. The molecular formula is C17H21N7O. The van der Waals surface area contributed by atoms with Crippen LogP contribution in [-0.4, -0.2) is 43.6 Å². The molecule has 1 saturated heterocycles. The predicted molar refractivity (Wildman–Crippen MR) is 91.3 cm³/mol. The van der Waals surface area contributed by atoms with Crippen molar-refractivity contribution in [3.63, 3.8) is 0 Å². The number of hydrogen-bond donors (Lipinski definition) is 1. The van der Waals surface area contributed by atoms with E-state index in [1.165, 1.54) is 0 Å². The molecule has 2 aromatic rings. The Morgan fingerprint density at radius 3 is 3.00 bits per heavy atom. The summed E-state index contributed by atoms with van der Waals surface area (Å²) >= 11 is 0. The molecule has 3 heterocycles. The maximum atomic E-state index is 12.3. The minimum Gasteiger partial charge on any atom is -0.354 e. The zero-order chi connectivity index (χ0) is 17.8. The summed E-state index contributed by atoms with van der Waals surface area (Å²) in [5, 5.41) is 16.4. The van der Waals surface area contributed by atoms with Crippen molar-refractivity contribution >= 4 is 11.9 Å². The number of carbonyl (C=O) groups is 1. The Hall–Kier alpha value is -2.95. The van der Waals surface area contributed by atoms with Crippen LogP contribution in [-0.2, 0) is 11.8 Å². The number of aromatic nitrogens is 4. The predicted octanol–water partition coefficient (Wildman–Crippen LogP) is 1.49. The number of nitriles is 1. The monoisotopic (exact) mass is 339 g/mol. The van der Waals surface area contributed by atoms with E-state index in [9.17, 15) is 4.79 Å². The summed E-state index contributed by atoms with van der Waals surface area (Å²) in [5.41, 5.74) is 1.37. The summed E-state index contributed by atoms with van der Waals surface area (Å²) in [7, 11) is 1.87. The van der Waals surface area contributed by atoms with Gasteiger partial charge in [0.1, 0.15) is 11.8 Å². The third-order valence-corrected chi connectivity index (χ3v) is 4.53. The highest BCUT2D eigenvalue weighted by Crippen LogP contribution is 2.36. The second-order valence-electron chi connectivity index (χ2n) is 6.13. The number of anilines is 1. The first kappa shape index (κ1) is 16.9. The third kappa shape index (κ3) is 3.60. The molecule has 1 aliphatic heterocycles. The summed E-state index contributed by atoms with van der Waals surface area (Å²) in [5.74, 6) is 0.829. The summed E-state index contributed by atoms with van der Waals surface area (Å²) in [6.45, 7) is 3.28. The third-order valence-electron chi connectivity index (χ3n) is 4.53. The van der Waals surface area contributed by atoms with Gasteiger partial charge in [-0.05, 0) is 19.4 Å². The van der Waals surface area contributed by atoms with Crippen molar-refractivity contribution in [2.75, 3.05) is 18.4 Å². The van der Waals surface area contributed by atoms with Crippen LogP contribution < -0.4 is 5.32 Å². The van der Waals surface area contributed by atoms with E-state index in [-0.39, 0.29) is 17.9 Å². The summed E-state index contributed by atoms with van der Waals surface area (Å²) < 4.78 is 1.76. The lowest BCUT2D eigenvalue weighted by Crippen LogP contribution is -2.44. The van der Waals surface area contributed by atoms with Gasteiger partial charge in [0.25, 0.3) is 0 Å². The number of nitrogens with zero attached hydrogens (tertiary/aromatic N) is 6. The van der Waals surface area contributed by atoms with Crippen molar-refractivity contribution in [3.8, 4) is 6.07 Å². The lowest BCUT2D eigenvalue weighted by molar-refractivity contribution is -0.138. The molecule has 1 aliphatic rings. The Labute approximate surface area is 146 Å². The molecule has 0 aromatic carbocycles. The molecular weight excluding hydrogens is 318 g/mol. The normalized spacial score (nSPS) is 20.4. The molecule has 8 nitrogen and oxygen atoms in total. The van der Waals surface area contributed by atoms with Gasteiger partial charge in [-0.3, -0.25) is 9.48 Å². The molecule has 2 aromatic heterocycles. The van der Waals surface area contributed by atoms with Gasteiger partial charge < -0.3 is 10.2 Å². The summed E-state index contributed by atoms with van der Waals surface area (Å²) in [6, 6.07) is 3.56. The zero-order valence-electron chi connectivity index (χ0n) is 14.4. The summed E-state index contributed by atoms with van der Waals surface area (Å²) in [6.07, 6.45) is 6.68. The minimum absolute atomic E-state index is 0.0217. The summed E-state index contributed by atoms with van der Waals surface area (Å²) in [4.78, 5) is 22.6. The van der Waals surface area contributed by atoms with Crippen LogP contribution in [0.5, 0.6) is 0 Å². The first-order chi connectivity index (χ1) is 12.1. The molecule has 0 saturated carbocycles. The Balaban J connectivity index is 1.79. The van der Waals surface area contributed by atoms with E-state index in [2.05, 4.69) is 20.4 Å². The first-order valence-electron chi connectivity index (χ1n) is 8.37. The largest absolute Gasteiger partial charge is 0.354 e. The van der Waals surface area contributed by atoms with Gasteiger partial charge in [0.05, 0.1) is 12.2 Å². The molecule has 2 atom stereocenters. The second-order valence-corrected chi connectivity index (χ2v) is 6.13. The van der Waals surface area contributed by atoms with Gasteiger partial charge >= 0.3 is 0 Å². The number of carbonyl (C=O) groups excluding carboxylic acids is 1. The van der Waals surface area contributed by atoms with E-state index in [4.69, 9.17) is 5.26 Å². The van der Waals surface area contributed by atoms with Gasteiger partial charge in [-0.25, -0.2) is 9.97 Å². The molecule has 0 radical (unpaired) electrons. The lowest BCUT2D eigenvalue weighted by Gasteiger charge is -2.40. The van der Waals surface area contributed by atoms with Crippen LogP contribution in [0.1, 0.15) is 37.1 Å². The fourth-order valence-electron chi connectivity index (χ4n) is 3.38. The molecule has 0 spiro atoms. The maximum Gasteiger partial charge on any atom is 0.223 e.